The highest BCUT2D eigenvalue weighted by Gasteiger charge is 2.18. The number of carbonyl (C=O) groups is 1. The monoisotopic (exact) mass is 318 g/mol. The number of halogens is 1. The zero-order chi connectivity index (χ0) is 15.9. The van der Waals surface area contributed by atoms with Gasteiger partial charge >= 0.3 is 0 Å². The molecule has 0 aliphatic carbocycles. The van der Waals surface area contributed by atoms with Gasteiger partial charge in [-0.05, 0) is 38.2 Å². The van der Waals surface area contributed by atoms with Crippen molar-refractivity contribution in [2.24, 2.45) is 0 Å². The van der Waals surface area contributed by atoms with Crippen molar-refractivity contribution >= 4 is 23.2 Å². The smallest absolute Gasteiger partial charge is 0.241 e. The number of anilines is 1. The van der Waals surface area contributed by atoms with Gasteiger partial charge in [0.15, 0.2) is 5.15 Å². The first kappa shape index (κ1) is 16.4. The quantitative estimate of drug-likeness (QED) is 0.832. The van der Waals surface area contributed by atoms with Crippen molar-refractivity contribution < 1.29 is 4.79 Å². The second-order valence-corrected chi connectivity index (χ2v) is 5.42. The minimum atomic E-state index is -0.278. The van der Waals surface area contributed by atoms with Crippen LogP contribution >= 0.6 is 11.6 Å². The Labute approximate surface area is 135 Å². The van der Waals surface area contributed by atoms with Gasteiger partial charge in [-0.25, -0.2) is 4.98 Å². The van der Waals surface area contributed by atoms with Crippen LogP contribution in [0.15, 0.2) is 42.7 Å². The fourth-order valence-electron chi connectivity index (χ4n) is 1.95. The molecule has 0 aliphatic rings. The fraction of sp³-hybridized carbons (Fsp3) is 0.312. The number of carbonyl (C=O) groups excluding carboxylic acids is 1. The molecule has 22 heavy (non-hydrogen) atoms. The molecule has 0 spiro atoms. The number of likely N-dealkylation sites (N-methyl/N-ethyl adjacent to an activating group) is 1. The Hall–Kier alpha value is -1.98. The van der Waals surface area contributed by atoms with Crippen molar-refractivity contribution in [3.05, 3.63) is 53.6 Å². The Morgan fingerprint density at radius 3 is 2.73 bits per heavy atom. The number of rotatable bonds is 6. The molecule has 1 unspecified atom stereocenters. The Morgan fingerprint density at radius 1 is 1.27 bits per heavy atom. The summed E-state index contributed by atoms with van der Waals surface area (Å²) >= 11 is 5.95. The molecule has 2 aromatic rings. The lowest BCUT2D eigenvalue weighted by molar-refractivity contribution is -0.120. The van der Waals surface area contributed by atoms with E-state index in [-0.39, 0.29) is 11.9 Å². The van der Waals surface area contributed by atoms with E-state index in [4.69, 9.17) is 11.6 Å². The Kier molecular flexibility index (Phi) is 5.86. The van der Waals surface area contributed by atoms with Crippen LogP contribution in [0.3, 0.4) is 0 Å². The Bertz CT molecular complexity index is 621. The molecule has 0 saturated carbocycles. The van der Waals surface area contributed by atoms with Crippen molar-refractivity contribution in [2.75, 3.05) is 18.9 Å². The van der Waals surface area contributed by atoms with Gasteiger partial charge in [0.1, 0.15) is 0 Å². The fourth-order valence-corrected chi connectivity index (χ4v) is 2.11. The molecule has 2 rings (SSSR count). The van der Waals surface area contributed by atoms with Crippen molar-refractivity contribution in [2.45, 2.75) is 19.4 Å². The van der Waals surface area contributed by atoms with Crippen LogP contribution in [0, 0.1) is 0 Å². The van der Waals surface area contributed by atoms with Gasteiger partial charge in [-0.15, -0.1) is 0 Å². The van der Waals surface area contributed by atoms with E-state index in [0.717, 1.165) is 18.7 Å². The van der Waals surface area contributed by atoms with E-state index in [9.17, 15) is 4.79 Å². The minimum Gasteiger partial charge on any atom is -0.322 e. The van der Waals surface area contributed by atoms with Crippen molar-refractivity contribution in [1.82, 2.24) is 14.9 Å². The normalized spacial score (nSPS) is 12.2. The third-order valence-corrected chi connectivity index (χ3v) is 3.81. The van der Waals surface area contributed by atoms with Crippen LogP contribution in [0.4, 0.5) is 5.69 Å². The van der Waals surface area contributed by atoms with E-state index in [2.05, 4.69) is 15.3 Å². The lowest BCUT2D eigenvalue weighted by Gasteiger charge is -2.23. The predicted octanol–water partition coefficient (Wildman–Crippen LogP) is 2.63. The average molecular weight is 319 g/mol. The summed E-state index contributed by atoms with van der Waals surface area (Å²) in [7, 11) is 1.91. The molecule has 0 saturated heterocycles. The number of hydrogen-bond acceptors (Lipinski definition) is 4. The second kappa shape index (κ2) is 7.87. The minimum absolute atomic E-state index is 0.113. The van der Waals surface area contributed by atoms with E-state index >= 15 is 0 Å². The van der Waals surface area contributed by atoms with E-state index in [1.165, 1.54) is 0 Å². The molecule has 0 radical (unpaired) electrons. The molecule has 1 N–H and O–H groups in total. The van der Waals surface area contributed by atoms with Gasteiger partial charge in [0.05, 0.1) is 11.7 Å². The van der Waals surface area contributed by atoms with E-state index < -0.39 is 0 Å². The molecule has 2 heterocycles. The summed E-state index contributed by atoms with van der Waals surface area (Å²) in [5, 5.41) is 3.09. The van der Waals surface area contributed by atoms with Crippen LogP contribution in [0.2, 0.25) is 5.15 Å². The van der Waals surface area contributed by atoms with Crippen LogP contribution in [0.5, 0.6) is 0 Å². The number of hydrogen-bond donors (Lipinski definition) is 1. The lowest BCUT2D eigenvalue weighted by Crippen LogP contribution is -2.40. The maximum atomic E-state index is 12.3. The average Bonchev–Trinajstić information content (AvgIpc) is 2.55. The van der Waals surface area contributed by atoms with Gasteiger partial charge in [0.2, 0.25) is 5.91 Å². The molecule has 2 aromatic heterocycles. The number of nitrogens with zero attached hydrogens (tertiary/aromatic N) is 3. The molecular formula is C16H19ClN4O. The predicted molar refractivity (Wildman–Crippen MR) is 87.9 cm³/mol. The zero-order valence-electron chi connectivity index (χ0n) is 12.7. The van der Waals surface area contributed by atoms with Crippen molar-refractivity contribution in [3.8, 4) is 0 Å². The molecule has 6 heteroatoms. The van der Waals surface area contributed by atoms with Gasteiger partial charge in [-0.1, -0.05) is 17.7 Å². The first-order valence-corrected chi connectivity index (χ1v) is 7.47. The molecule has 0 aliphatic heterocycles. The molecule has 1 atom stereocenters. The molecule has 5 nitrogen and oxygen atoms in total. The zero-order valence-corrected chi connectivity index (χ0v) is 13.4. The highest BCUT2D eigenvalue weighted by molar-refractivity contribution is 6.32. The van der Waals surface area contributed by atoms with Gasteiger partial charge in [0, 0.05) is 31.1 Å². The summed E-state index contributed by atoms with van der Waals surface area (Å²) in [5.41, 5.74) is 1.54. The van der Waals surface area contributed by atoms with Gasteiger partial charge in [-0.2, -0.15) is 0 Å². The second-order valence-electron chi connectivity index (χ2n) is 5.06. The topological polar surface area (TPSA) is 58.1 Å². The number of amides is 1. The van der Waals surface area contributed by atoms with E-state index in [1.54, 1.807) is 24.5 Å². The molecule has 0 fully saturated rings. The van der Waals surface area contributed by atoms with Crippen LogP contribution < -0.4 is 5.32 Å². The van der Waals surface area contributed by atoms with Crippen molar-refractivity contribution in [1.29, 1.82) is 0 Å². The SMILES string of the molecule is CC(C(=O)Nc1cccnc1Cl)N(C)CCc1ccccn1. The summed E-state index contributed by atoms with van der Waals surface area (Å²) in [4.78, 5) is 22.5. The summed E-state index contributed by atoms with van der Waals surface area (Å²) < 4.78 is 0. The van der Waals surface area contributed by atoms with E-state index in [1.807, 2.05) is 37.1 Å². The van der Waals surface area contributed by atoms with Crippen LogP contribution in [0.1, 0.15) is 12.6 Å². The standard InChI is InChI=1S/C16H19ClN4O/c1-12(16(22)20-14-7-5-10-19-15(14)17)21(2)11-8-13-6-3-4-9-18-13/h3-7,9-10,12H,8,11H2,1-2H3,(H,20,22). The maximum absolute atomic E-state index is 12.3. The Morgan fingerprint density at radius 2 is 2.05 bits per heavy atom. The first-order valence-electron chi connectivity index (χ1n) is 7.09. The van der Waals surface area contributed by atoms with Crippen LogP contribution in [-0.2, 0) is 11.2 Å². The molecule has 0 bridgehead atoms. The summed E-state index contributed by atoms with van der Waals surface area (Å²) in [6, 6.07) is 9.02. The molecule has 116 valence electrons. The van der Waals surface area contributed by atoms with Crippen LogP contribution in [-0.4, -0.2) is 40.4 Å². The third-order valence-electron chi connectivity index (χ3n) is 3.50. The highest BCUT2D eigenvalue weighted by Crippen LogP contribution is 2.18. The van der Waals surface area contributed by atoms with Gasteiger partial charge < -0.3 is 5.32 Å². The third kappa shape index (κ3) is 4.51. The number of aromatic nitrogens is 2. The number of nitrogens with one attached hydrogen (secondary N) is 1. The highest BCUT2D eigenvalue weighted by atomic mass is 35.5. The summed E-state index contributed by atoms with van der Waals surface area (Å²) in [5.74, 6) is -0.113. The lowest BCUT2D eigenvalue weighted by atomic mass is 10.2. The first-order chi connectivity index (χ1) is 10.6. The number of pyridine rings is 2. The van der Waals surface area contributed by atoms with E-state index in [0.29, 0.717) is 10.8 Å². The summed E-state index contributed by atoms with van der Waals surface area (Å²) in [6.07, 6.45) is 4.15. The molecule has 0 aromatic carbocycles. The van der Waals surface area contributed by atoms with Crippen molar-refractivity contribution in [3.63, 3.8) is 0 Å². The van der Waals surface area contributed by atoms with Crippen LogP contribution in [0.25, 0.3) is 0 Å². The Balaban J connectivity index is 1.88. The maximum Gasteiger partial charge on any atom is 0.241 e. The largest absolute Gasteiger partial charge is 0.322 e. The summed E-state index contributed by atoms with van der Waals surface area (Å²) in [6.45, 7) is 2.60. The molecule has 1 amide bonds. The molecular weight excluding hydrogens is 300 g/mol. The van der Waals surface area contributed by atoms with Gasteiger partial charge in [0.25, 0.3) is 0 Å². The van der Waals surface area contributed by atoms with Gasteiger partial charge in [-0.3, -0.25) is 14.7 Å².